The van der Waals surface area contributed by atoms with Crippen molar-refractivity contribution >= 4 is 37.2 Å². The van der Waals surface area contributed by atoms with Gasteiger partial charge in [-0.3, -0.25) is 0 Å². The van der Waals surface area contributed by atoms with Gasteiger partial charge in [0.25, 0.3) is 0 Å². The molecule has 4 rings (SSSR count). The van der Waals surface area contributed by atoms with E-state index in [9.17, 15) is 5.11 Å². The molecule has 216 valence electrons. The Labute approximate surface area is 241 Å². The highest BCUT2D eigenvalue weighted by Crippen LogP contribution is 2.68. The predicted octanol–water partition coefficient (Wildman–Crippen LogP) is 6.22. The van der Waals surface area contributed by atoms with Crippen LogP contribution in [0.3, 0.4) is 0 Å². The number of nitrogens with one attached hydrogen (secondary N) is 2. The van der Waals surface area contributed by atoms with E-state index in [0.29, 0.717) is 23.4 Å². The van der Waals surface area contributed by atoms with Crippen molar-refractivity contribution in [1.82, 2.24) is 10.6 Å². The summed E-state index contributed by atoms with van der Waals surface area (Å²) in [4.78, 5) is 0. The molecule has 4 fully saturated rings. The summed E-state index contributed by atoms with van der Waals surface area (Å²) in [7, 11) is 0. The average Bonchev–Trinajstić information content (AvgIpc) is 3.17. The first-order valence-electron chi connectivity index (χ1n) is 14.7. The Morgan fingerprint density at radius 3 is 2.25 bits per heavy atom. The predicted molar refractivity (Wildman–Crippen MR) is 161 cm³/mol. The highest BCUT2D eigenvalue weighted by atomic mass is 35.5. The second-order valence-electron chi connectivity index (χ2n) is 13.1. The third-order valence-electron chi connectivity index (χ3n) is 11.5. The number of aliphatic hydroxyl groups excluding tert-OH is 1. The summed E-state index contributed by atoms with van der Waals surface area (Å²) < 4.78 is 0. The highest BCUT2D eigenvalue weighted by Gasteiger charge is 2.60. The lowest BCUT2D eigenvalue weighted by Crippen LogP contribution is -2.55. The van der Waals surface area contributed by atoms with Crippen LogP contribution >= 0.6 is 37.2 Å². The van der Waals surface area contributed by atoms with E-state index in [1.807, 2.05) is 0 Å². The largest absolute Gasteiger partial charge is 0.396 e. The first-order valence-corrected chi connectivity index (χ1v) is 14.7. The summed E-state index contributed by atoms with van der Waals surface area (Å²) in [5, 5.41) is 17.4. The molecular formula is C29H58Cl3N3O. The quantitative estimate of drug-likeness (QED) is 0.223. The molecule has 4 aliphatic carbocycles. The van der Waals surface area contributed by atoms with Gasteiger partial charge in [-0.15, -0.1) is 37.2 Å². The van der Waals surface area contributed by atoms with Crippen molar-refractivity contribution in [2.75, 3.05) is 32.8 Å². The number of nitrogens with two attached hydrogens (primary N) is 1. The van der Waals surface area contributed by atoms with E-state index >= 15 is 0 Å². The van der Waals surface area contributed by atoms with Crippen LogP contribution in [-0.4, -0.2) is 43.9 Å². The first-order chi connectivity index (χ1) is 15.9. The Morgan fingerprint density at radius 1 is 0.833 bits per heavy atom. The molecule has 0 saturated heterocycles. The zero-order valence-corrected chi connectivity index (χ0v) is 25.8. The van der Waals surface area contributed by atoms with Crippen molar-refractivity contribution in [3.8, 4) is 0 Å². The Morgan fingerprint density at radius 2 is 1.53 bits per heavy atom. The van der Waals surface area contributed by atoms with Gasteiger partial charge in [0.15, 0.2) is 0 Å². The molecule has 5 N–H and O–H groups in total. The summed E-state index contributed by atoms with van der Waals surface area (Å²) in [5.41, 5.74) is 6.64. The third kappa shape index (κ3) is 7.07. The van der Waals surface area contributed by atoms with Crippen LogP contribution in [0.25, 0.3) is 0 Å². The number of unbranched alkanes of at least 4 members (excludes halogenated alkanes) is 1. The average molecular weight is 571 g/mol. The molecule has 36 heavy (non-hydrogen) atoms. The maximum absolute atomic E-state index is 9.87. The number of aliphatic hydroxyl groups is 1. The number of halogens is 3. The molecular weight excluding hydrogens is 513 g/mol. The van der Waals surface area contributed by atoms with Crippen LogP contribution in [0.1, 0.15) is 97.8 Å². The van der Waals surface area contributed by atoms with Crippen LogP contribution in [0.4, 0.5) is 0 Å². The van der Waals surface area contributed by atoms with E-state index in [2.05, 4.69) is 31.4 Å². The summed E-state index contributed by atoms with van der Waals surface area (Å²) in [6.07, 6.45) is 16.4. The molecule has 7 heteroatoms. The normalized spacial score (nSPS) is 39.9. The maximum Gasteiger partial charge on any atom is 0.0459 e. The Kier molecular flexibility index (Phi) is 14.9. The van der Waals surface area contributed by atoms with Gasteiger partial charge in [-0.2, -0.15) is 0 Å². The van der Waals surface area contributed by atoms with Crippen molar-refractivity contribution in [2.45, 2.75) is 104 Å². The molecule has 0 aromatic carbocycles. The highest BCUT2D eigenvalue weighted by molar-refractivity contribution is 5.86. The van der Waals surface area contributed by atoms with E-state index in [-0.39, 0.29) is 37.2 Å². The van der Waals surface area contributed by atoms with Gasteiger partial charge in [-0.1, -0.05) is 20.8 Å². The fourth-order valence-electron chi connectivity index (χ4n) is 9.58. The SMILES string of the molecule is C[C@H](CO)[C@H]1CC[C@H]2[C@@H]3CC[C@@H]4C[C@H](NCCCNCCCCN)CC[C@]4(C)[C@H]3CC[C@]12C.Cl.Cl.Cl. The van der Waals surface area contributed by atoms with Crippen LogP contribution in [0.2, 0.25) is 0 Å². The molecule has 0 unspecified atom stereocenters. The van der Waals surface area contributed by atoms with E-state index in [1.165, 1.54) is 70.6 Å². The molecule has 0 aromatic rings. The van der Waals surface area contributed by atoms with Crippen molar-refractivity contribution in [3.05, 3.63) is 0 Å². The first kappa shape index (κ1) is 34.7. The summed E-state index contributed by atoms with van der Waals surface area (Å²) in [6.45, 7) is 12.2. The standard InChI is InChI=1S/C29H55N3O.3ClH/c1-21(20-33)25-9-10-26-24-8-7-22-19-23(32-18-6-17-31-16-5-4-15-30)11-13-28(22,2)27(24)12-14-29(25,26)3;;;/h21-27,31-33H,4-20,30H2,1-3H3;3*1H/t21-,22-,23-,24+,25-,26+,27+,28+,29-;;;/m1.../s1. The molecule has 4 saturated carbocycles. The van der Waals surface area contributed by atoms with Gasteiger partial charge in [-0.25, -0.2) is 0 Å². The van der Waals surface area contributed by atoms with E-state index in [1.54, 1.807) is 0 Å². The number of hydrogen-bond donors (Lipinski definition) is 4. The second-order valence-corrected chi connectivity index (χ2v) is 13.1. The van der Waals surface area contributed by atoms with Gasteiger partial charge < -0.3 is 21.5 Å². The number of fused-ring (bicyclic) bond motifs is 5. The molecule has 0 heterocycles. The minimum atomic E-state index is 0. The Bertz CT molecular complexity index is 629. The van der Waals surface area contributed by atoms with Crippen LogP contribution in [0.5, 0.6) is 0 Å². The minimum Gasteiger partial charge on any atom is -0.396 e. The second kappa shape index (κ2) is 15.5. The topological polar surface area (TPSA) is 70.3 Å². The molecule has 9 atom stereocenters. The smallest absolute Gasteiger partial charge is 0.0459 e. The fraction of sp³-hybridized carbons (Fsp3) is 1.00. The van der Waals surface area contributed by atoms with Crippen LogP contribution in [0, 0.1) is 46.3 Å². The Hall–Kier alpha value is 0.710. The molecule has 0 aromatic heterocycles. The van der Waals surface area contributed by atoms with Gasteiger partial charge in [0.2, 0.25) is 0 Å². The van der Waals surface area contributed by atoms with Gasteiger partial charge in [0, 0.05) is 12.6 Å². The molecule has 0 aliphatic heterocycles. The lowest BCUT2D eigenvalue weighted by molar-refractivity contribution is -0.118. The van der Waals surface area contributed by atoms with Crippen LogP contribution < -0.4 is 16.4 Å². The van der Waals surface area contributed by atoms with Crippen molar-refractivity contribution in [3.63, 3.8) is 0 Å². The van der Waals surface area contributed by atoms with Gasteiger partial charge in [0.05, 0.1) is 0 Å². The lowest BCUT2D eigenvalue weighted by atomic mass is 9.44. The van der Waals surface area contributed by atoms with Crippen molar-refractivity contribution in [1.29, 1.82) is 0 Å². The Balaban J connectivity index is 0.00000216. The molecule has 0 bridgehead atoms. The van der Waals surface area contributed by atoms with E-state index in [4.69, 9.17) is 5.73 Å². The summed E-state index contributed by atoms with van der Waals surface area (Å²) >= 11 is 0. The zero-order chi connectivity index (χ0) is 23.5. The number of rotatable bonds is 11. The monoisotopic (exact) mass is 569 g/mol. The summed E-state index contributed by atoms with van der Waals surface area (Å²) in [5.74, 6) is 4.98. The summed E-state index contributed by atoms with van der Waals surface area (Å²) in [6, 6.07) is 0.743. The maximum atomic E-state index is 9.87. The molecule has 0 amide bonds. The van der Waals surface area contributed by atoms with Gasteiger partial charge in [-0.05, 0) is 150 Å². The fourth-order valence-corrected chi connectivity index (χ4v) is 9.58. The lowest BCUT2D eigenvalue weighted by Gasteiger charge is -2.61. The third-order valence-corrected chi connectivity index (χ3v) is 11.5. The molecule has 0 radical (unpaired) electrons. The zero-order valence-electron chi connectivity index (χ0n) is 23.3. The molecule has 4 nitrogen and oxygen atoms in total. The molecule has 0 spiro atoms. The minimum absolute atomic E-state index is 0. The van der Waals surface area contributed by atoms with Crippen LogP contribution in [0.15, 0.2) is 0 Å². The van der Waals surface area contributed by atoms with Crippen LogP contribution in [-0.2, 0) is 0 Å². The van der Waals surface area contributed by atoms with E-state index in [0.717, 1.165) is 68.2 Å². The number of hydrogen-bond acceptors (Lipinski definition) is 4. The van der Waals surface area contributed by atoms with Gasteiger partial charge in [0.1, 0.15) is 0 Å². The molecule has 4 aliphatic rings. The van der Waals surface area contributed by atoms with Crippen molar-refractivity contribution in [2.24, 2.45) is 52.1 Å². The van der Waals surface area contributed by atoms with Crippen molar-refractivity contribution < 1.29 is 5.11 Å². The van der Waals surface area contributed by atoms with E-state index < -0.39 is 0 Å². The van der Waals surface area contributed by atoms with Gasteiger partial charge >= 0.3 is 0 Å².